The summed E-state index contributed by atoms with van der Waals surface area (Å²) in [6.07, 6.45) is 0. The van der Waals surface area contributed by atoms with Crippen molar-refractivity contribution in [2.45, 2.75) is 13.5 Å². The van der Waals surface area contributed by atoms with Crippen LogP contribution in [0.5, 0.6) is 11.5 Å². The quantitative estimate of drug-likeness (QED) is 0.783. The molecule has 0 unspecified atom stereocenters. The van der Waals surface area contributed by atoms with E-state index >= 15 is 0 Å². The summed E-state index contributed by atoms with van der Waals surface area (Å²) in [6.45, 7) is 3.68. The smallest absolute Gasteiger partial charge is 0.266 e. The normalized spacial score (nSPS) is 12.6. The summed E-state index contributed by atoms with van der Waals surface area (Å²) in [5.74, 6) is 1.42. The molecule has 1 aliphatic heterocycles. The van der Waals surface area contributed by atoms with Gasteiger partial charge in [-0.2, -0.15) is 5.10 Å². The van der Waals surface area contributed by atoms with Crippen molar-refractivity contribution < 1.29 is 14.2 Å². The number of aromatic nitrogens is 2. The largest absolute Gasteiger partial charge is 0.454 e. The summed E-state index contributed by atoms with van der Waals surface area (Å²) >= 11 is 0. The van der Waals surface area contributed by atoms with Crippen molar-refractivity contribution >= 4 is 0 Å². The zero-order valence-corrected chi connectivity index (χ0v) is 11.7. The van der Waals surface area contributed by atoms with Crippen LogP contribution in [0.1, 0.15) is 6.92 Å². The Hall–Kier alpha value is -2.34. The zero-order valence-electron chi connectivity index (χ0n) is 11.7. The van der Waals surface area contributed by atoms with Crippen LogP contribution in [0.2, 0.25) is 0 Å². The predicted molar refractivity (Wildman–Crippen MR) is 76.5 cm³/mol. The number of hydrogen-bond acceptors (Lipinski definition) is 5. The van der Waals surface area contributed by atoms with E-state index in [0.29, 0.717) is 31.2 Å². The summed E-state index contributed by atoms with van der Waals surface area (Å²) in [7, 11) is 0. The molecule has 0 amide bonds. The van der Waals surface area contributed by atoms with E-state index in [0.717, 1.165) is 11.3 Å². The lowest BCUT2D eigenvalue weighted by Gasteiger charge is -2.07. The van der Waals surface area contributed by atoms with E-state index in [4.69, 9.17) is 14.2 Å². The Morgan fingerprint density at radius 2 is 2.10 bits per heavy atom. The van der Waals surface area contributed by atoms with Crippen LogP contribution >= 0.6 is 0 Å². The third kappa shape index (κ3) is 2.90. The fourth-order valence-electron chi connectivity index (χ4n) is 2.11. The summed E-state index contributed by atoms with van der Waals surface area (Å²) < 4.78 is 17.3. The maximum Gasteiger partial charge on any atom is 0.266 e. The molecule has 0 saturated heterocycles. The van der Waals surface area contributed by atoms with Crippen molar-refractivity contribution in [3.63, 3.8) is 0 Å². The topological polar surface area (TPSA) is 62.6 Å². The van der Waals surface area contributed by atoms with E-state index in [1.165, 1.54) is 10.7 Å². The number of hydrogen-bond donors (Lipinski definition) is 0. The molecule has 0 saturated carbocycles. The summed E-state index contributed by atoms with van der Waals surface area (Å²) in [5.41, 5.74) is 1.45. The monoisotopic (exact) mass is 288 g/mol. The van der Waals surface area contributed by atoms with Gasteiger partial charge < -0.3 is 14.2 Å². The zero-order chi connectivity index (χ0) is 14.7. The predicted octanol–water partition coefficient (Wildman–Crippen LogP) is 1.68. The number of fused-ring (bicyclic) bond motifs is 1. The van der Waals surface area contributed by atoms with Crippen molar-refractivity contribution in [1.82, 2.24) is 9.78 Å². The van der Waals surface area contributed by atoms with Gasteiger partial charge in [0.15, 0.2) is 11.5 Å². The molecule has 1 aromatic carbocycles. The number of nitrogens with zero attached hydrogens (tertiary/aromatic N) is 2. The van der Waals surface area contributed by atoms with Gasteiger partial charge in [-0.25, -0.2) is 4.68 Å². The van der Waals surface area contributed by atoms with Crippen LogP contribution < -0.4 is 15.0 Å². The molecule has 2 heterocycles. The third-order valence-corrected chi connectivity index (χ3v) is 3.19. The van der Waals surface area contributed by atoms with Crippen LogP contribution in [-0.4, -0.2) is 29.8 Å². The van der Waals surface area contributed by atoms with Crippen molar-refractivity contribution in [3.8, 4) is 22.8 Å². The Balaban J connectivity index is 1.88. The molecule has 0 radical (unpaired) electrons. The minimum absolute atomic E-state index is 0.140. The maximum atomic E-state index is 11.8. The molecule has 3 rings (SSSR count). The fraction of sp³-hybridized carbons (Fsp3) is 0.333. The Bertz CT molecular complexity index is 696. The first-order valence-corrected chi connectivity index (χ1v) is 6.84. The Labute approximate surface area is 121 Å². The van der Waals surface area contributed by atoms with Crippen LogP contribution in [0.25, 0.3) is 11.3 Å². The maximum absolute atomic E-state index is 11.8. The lowest BCUT2D eigenvalue weighted by molar-refractivity contribution is 0.135. The van der Waals surface area contributed by atoms with Gasteiger partial charge in [0, 0.05) is 18.2 Å². The highest BCUT2D eigenvalue weighted by atomic mass is 16.7. The molecule has 0 fully saturated rings. The second-order valence-corrected chi connectivity index (χ2v) is 4.54. The molecule has 0 aliphatic carbocycles. The Morgan fingerprint density at radius 1 is 1.24 bits per heavy atom. The summed E-state index contributed by atoms with van der Waals surface area (Å²) in [5, 5.41) is 4.37. The number of benzene rings is 1. The van der Waals surface area contributed by atoms with Gasteiger partial charge in [0.05, 0.1) is 18.8 Å². The molecule has 0 atom stereocenters. The van der Waals surface area contributed by atoms with E-state index in [2.05, 4.69) is 5.10 Å². The van der Waals surface area contributed by atoms with Crippen LogP contribution in [-0.2, 0) is 11.3 Å². The summed E-state index contributed by atoms with van der Waals surface area (Å²) in [6, 6.07) is 8.82. The molecule has 110 valence electrons. The third-order valence-electron chi connectivity index (χ3n) is 3.19. The SMILES string of the molecule is CCOCCn1nc(-c2ccc3c(c2)OCO3)ccc1=O. The van der Waals surface area contributed by atoms with Crippen molar-refractivity contribution in [3.05, 3.63) is 40.7 Å². The van der Waals surface area contributed by atoms with Gasteiger partial charge in [-0.3, -0.25) is 4.79 Å². The fourth-order valence-corrected chi connectivity index (χ4v) is 2.11. The van der Waals surface area contributed by atoms with Gasteiger partial charge in [-0.15, -0.1) is 0 Å². The molecular formula is C15H16N2O4. The second-order valence-electron chi connectivity index (χ2n) is 4.54. The molecule has 1 aliphatic rings. The van der Waals surface area contributed by atoms with Gasteiger partial charge in [0.25, 0.3) is 5.56 Å². The van der Waals surface area contributed by atoms with Gasteiger partial charge in [-0.05, 0) is 31.2 Å². The average molecular weight is 288 g/mol. The first kappa shape index (κ1) is 13.6. The molecule has 6 nitrogen and oxygen atoms in total. The first-order valence-electron chi connectivity index (χ1n) is 6.84. The number of ether oxygens (including phenoxy) is 3. The molecule has 6 heteroatoms. The molecule has 2 aromatic rings. The van der Waals surface area contributed by atoms with Gasteiger partial charge in [0.1, 0.15) is 0 Å². The average Bonchev–Trinajstić information content (AvgIpc) is 2.97. The minimum Gasteiger partial charge on any atom is -0.454 e. The Kier molecular flexibility index (Phi) is 3.87. The molecule has 1 aromatic heterocycles. The highest BCUT2D eigenvalue weighted by molar-refractivity contribution is 5.63. The van der Waals surface area contributed by atoms with Crippen LogP contribution in [0.3, 0.4) is 0 Å². The standard InChI is InChI=1S/C15H16N2O4/c1-2-19-8-7-17-15(18)6-4-12(16-17)11-3-5-13-14(9-11)21-10-20-13/h3-6,9H,2,7-8,10H2,1H3. The molecular weight excluding hydrogens is 272 g/mol. The second kappa shape index (κ2) is 5.97. The molecule has 0 bridgehead atoms. The molecule has 21 heavy (non-hydrogen) atoms. The van der Waals surface area contributed by atoms with E-state index < -0.39 is 0 Å². The van der Waals surface area contributed by atoms with Crippen LogP contribution in [0.15, 0.2) is 35.1 Å². The van der Waals surface area contributed by atoms with E-state index in [-0.39, 0.29) is 12.4 Å². The van der Waals surface area contributed by atoms with Crippen molar-refractivity contribution in [1.29, 1.82) is 0 Å². The van der Waals surface area contributed by atoms with Gasteiger partial charge in [-0.1, -0.05) is 0 Å². The Morgan fingerprint density at radius 3 is 2.95 bits per heavy atom. The lowest BCUT2D eigenvalue weighted by atomic mass is 10.1. The van der Waals surface area contributed by atoms with Crippen LogP contribution in [0, 0.1) is 0 Å². The van der Waals surface area contributed by atoms with E-state index in [9.17, 15) is 4.79 Å². The lowest BCUT2D eigenvalue weighted by Crippen LogP contribution is -2.24. The van der Waals surface area contributed by atoms with Crippen LogP contribution in [0.4, 0.5) is 0 Å². The van der Waals surface area contributed by atoms with E-state index in [1.54, 1.807) is 6.07 Å². The highest BCUT2D eigenvalue weighted by Gasteiger charge is 2.14. The van der Waals surface area contributed by atoms with Gasteiger partial charge >= 0.3 is 0 Å². The highest BCUT2D eigenvalue weighted by Crippen LogP contribution is 2.35. The molecule has 0 spiro atoms. The van der Waals surface area contributed by atoms with Crippen molar-refractivity contribution in [2.24, 2.45) is 0 Å². The number of rotatable bonds is 5. The van der Waals surface area contributed by atoms with Crippen molar-refractivity contribution in [2.75, 3.05) is 20.0 Å². The minimum atomic E-state index is -0.140. The van der Waals surface area contributed by atoms with E-state index in [1.807, 2.05) is 25.1 Å². The first-order chi connectivity index (χ1) is 10.3. The van der Waals surface area contributed by atoms with Gasteiger partial charge in [0.2, 0.25) is 6.79 Å². The molecule has 0 N–H and O–H groups in total. The summed E-state index contributed by atoms with van der Waals surface area (Å²) in [4.78, 5) is 11.8.